The predicted molar refractivity (Wildman–Crippen MR) is 123 cm³/mol. The van der Waals surface area contributed by atoms with Gasteiger partial charge in [0.25, 0.3) is 0 Å². The van der Waals surface area contributed by atoms with E-state index < -0.39 is 21.9 Å². The summed E-state index contributed by atoms with van der Waals surface area (Å²) in [6.07, 6.45) is 1.67. The Morgan fingerprint density at radius 3 is 2.75 bits per heavy atom. The number of nitrogens with one attached hydrogen (secondary N) is 2. The SMILES string of the molecule is CCCS(=O)(=O)N1CCCC(C(=O)NC2=Nc3ccccc3NC(C)=C2C(=O)OCC)C1. The monoisotopic (exact) mass is 462 g/mol. The predicted octanol–water partition coefficient (Wildman–Crippen LogP) is 2.55. The minimum atomic E-state index is -3.39. The maximum atomic E-state index is 13.1. The first kappa shape index (κ1) is 23.9. The van der Waals surface area contributed by atoms with Crippen LogP contribution in [0.1, 0.15) is 40.0 Å². The maximum absolute atomic E-state index is 13.1. The second kappa shape index (κ2) is 10.3. The van der Waals surface area contributed by atoms with Gasteiger partial charge in [-0.3, -0.25) is 4.79 Å². The Balaban J connectivity index is 1.88. The third-order valence-electron chi connectivity index (χ3n) is 5.40. The van der Waals surface area contributed by atoms with E-state index in [1.165, 1.54) is 4.31 Å². The minimum Gasteiger partial charge on any atom is -0.462 e. The lowest BCUT2D eigenvalue weighted by Gasteiger charge is -2.31. The Kier molecular flexibility index (Phi) is 7.68. The van der Waals surface area contributed by atoms with Crippen molar-refractivity contribution < 1.29 is 22.7 Å². The highest BCUT2D eigenvalue weighted by atomic mass is 32.2. The summed E-state index contributed by atoms with van der Waals surface area (Å²) in [6.45, 7) is 5.94. The van der Waals surface area contributed by atoms with Crippen LogP contribution in [0.5, 0.6) is 0 Å². The molecule has 1 unspecified atom stereocenters. The minimum absolute atomic E-state index is 0.0610. The number of ether oxygens (including phenoxy) is 1. The van der Waals surface area contributed by atoms with Crippen LogP contribution < -0.4 is 10.6 Å². The van der Waals surface area contributed by atoms with Crippen molar-refractivity contribution in [3.63, 3.8) is 0 Å². The second-order valence-electron chi connectivity index (χ2n) is 7.83. The van der Waals surface area contributed by atoms with Crippen LogP contribution in [0.2, 0.25) is 0 Å². The molecule has 1 aromatic rings. The van der Waals surface area contributed by atoms with Crippen LogP contribution in [0.25, 0.3) is 0 Å². The number of hydrogen-bond acceptors (Lipinski definition) is 7. The molecule has 2 N–H and O–H groups in total. The average Bonchev–Trinajstić information content (AvgIpc) is 2.89. The van der Waals surface area contributed by atoms with E-state index in [9.17, 15) is 18.0 Å². The van der Waals surface area contributed by atoms with E-state index in [0.29, 0.717) is 42.9 Å². The molecule has 2 aliphatic heterocycles. The molecule has 1 fully saturated rings. The number of amidine groups is 1. The van der Waals surface area contributed by atoms with Crippen LogP contribution in [0.4, 0.5) is 11.4 Å². The largest absolute Gasteiger partial charge is 0.462 e. The first-order valence-electron chi connectivity index (χ1n) is 10.9. The van der Waals surface area contributed by atoms with E-state index in [4.69, 9.17) is 4.74 Å². The summed E-state index contributed by atoms with van der Waals surface area (Å²) in [5, 5.41) is 5.95. The number of piperidine rings is 1. The number of aliphatic imine (C=N–C) groups is 1. The first-order valence-corrected chi connectivity index (χ1v) is 12.5. The number of amides is 1. The van der Waals surface area contributed by atoms with E-state index in [2.05, 4.69) is 15.6 Å². The van der Waals surface area contributed by atoms with Crippen LogP contribution in [-0.2, 0) is 24.3 Å². The average molecular weight is 463 g/mol. The fourth-order valence-electron chi connectivity index (χ4n) is 3.85. The molecule has 2 aliphatic rings. The normalized spacial score (nSPS) is 19.3. The van der Waals surface area contributed by atoms with Crippen LogP contribution in [-0.4, -0.2) is 55.9 Å². The topological polar surface area (TPSA) is 117 Å². The quantitative estimate of drug-likeness (QED) is 0.628. The molecular weight excluding hydrogens is 432 g/mol. The number of carbonyl (C=O) groups is 2. The summed E-state index contributed by atoms with van der Waals surface area (Å²) in [4.78, 5) is 30.4. The zero-order valence-electron chi connectivity index (χ0n) is 18.7. The number of para-hydroxylation sites is 2. The van der Waals surface area contributed by atoms with Crippen LogP contribution in [0.3, 0.4) is 0 Å². The van der Waals surface area contributed by atoms with Crippen molar-refractivity contribution in [2.24, 2.45) is 10.9 Å². The van der Waals surface area contributed by atoms with E-state index in [1.807, 2.05) is 25.1 Å². The van der Waals surface area contributed by atoms with Gasteiger partial charge in [0, 0.05) is 18.8 Å². The van der Waals surface area contributed by atoms with Gasteiger partial charge in [0.2, 0.25) is 15.9 Å². The molecule has 32 heavy (non-hydrogen) atoms. The lowest BCUT2D eigenvalue weighted by Crippen LogP contribution is -2.47. The number of benzene rings is 1. The molecule has 1 amide bonds. The van der Waals surface area contributed by atoms with Gasteiger partial charge in [-0.2, -0.15) is 0 Å². The van der Waals surface area contributed by atoms with Gasteiger partial charge in [0.1, 0.15) is 11.4 Å². The molecule has 10 heteroatoms. The first-order chi connectivity index (χ1) is 15.3. The molecule has 0 aliphatic carbocycles. The van der Waals surface area contributed by atoms with E-state index in [-0.39, 0.29) is 36.2 Å². The summed E-state index contributed by atoms with van der Waals surface area (Å²) in [6, 6.07) is 7.25. The van der Waals surface area contributed by atoms with Gasteiger partial charge in [-0.1, -0.05) is 19.1 Å². The Morgan fingerprint density at radius 1 is 1.28 bits per heavy atom. The number of rotatable bonds is 6. The number of esters is 1. The molecule has 0 bridgehead atoms. The molecule has 2 heterocycles. The Morgan fingerprint density at radius 2 is 2.03 bits per heavy atom. The lowest BCUT2D eigenvalue weighted by atomic mass is 9.98. The highest BCUT2D eigenvalue weighted by Gasteiger charge is 2.34. The van der Waals surface area contributed by atoms with E-state index >= 15 is 0 Å². The lowest BCUT2D eigenvalue weighted by molar-refractivity contribution is -0.137. The number of sulfonamides is 1. The van der Waals surface area contributed by atoms with Crippen molar-refractivity contribution in [1.29, 1.82) is 0 Å². The summed E-state index contributed by atoms with van der Waals surface area (Å²) in [7, 11) is -3.39. The molecule has 0 spiro atoms. The number of hydrogen-bond donors (Lipinski definition) is 2. The van der Waals surface area contributed by atoms with Crippen LogP contribution >= 0.6 is 0 Å². The Bertz CT molecular complexity index is 1050. The zero-order valence-corrected chi connectivity index (χ0v) is 19.5. The number of allylic oxidation sites excluding steroid dienone is 1. The molecular formula is C22H30N4O5S. The highest BCUT2D eigenvalue weighted by Crippen LogP contribution is 2.30. The molecule has 1 atom stereocenters. The van der Waals surface area contributed by atoms with Gasteiger partial charge in [-0.15, -0.1) is 0 Å². The van der Waals surface area contributed by atoms with Crippen molar-refractivity contribution in [1.82, 2.24) is 9.62 Å². The second-order valence-corrected chi connectivity index (χ2v) is 9.91. The molecule has 1 aromatic carbocycles. The molecule has 174 valence electrons. The standard InChI is InChI=1S/C22H30N4O5S/c1-4-13-32(29,30)26-12-8-9-16(14-26)21(27)25-20-19(22(28)31-5-2)15(3)23-17-10-6-7-11-18(17)24-20/h6-7,10-11,16,23H,4-5,8-9,12-14H2,1-3H3,(H,24,25,27). The van der Waals surface area contributed by atoms with Gasteiger partial charge in [-0.05, 0) is 45.2 Å². The fourth-order valence-corrected chi connectivity index (χ4v) is 5.44. The van der Waals surface area contributed by atoms with Crippen molar-refractivity contribution in [2.45, 2.75) is 40.0 Å². The maximum Gasteiger partial charge on any atom is 0.343 e. The van der Waals surface area contributed by atoms with E-state index in [1.54, 1.807) is 19.9 Å². The molecule has 0 radical (unpaired) electrons. The summed E-state index contributed by atoms with van der Waals surface area (Å²) < 4.78 is 31.5. The van der Waals surface area contributed by atoms with Gasteiger partial charge < -0.3 is 15.4 Å². The van der Waals surface area contributed by atoms with E-state index in [0.717, 1.165) is 0 Å². The van der Waals surface area contributed by atoms with Gasteiger partial charge >= 0.3 is 5.97 Å². The Labute approximate surface area is 189 Å². The van der Waals surface area contributed by atoms with Gasteiger partial charge in [0.05, 0.1) is 29.7 Å². The highest BCUT2D eigenvalue weighted by molar-refractivity contribution is 7.89. The number of fused-ring (bicyclic) bond motifs is 1. The van der Waals surface area contributed by atoms with Crippen molar-refractivity contribution in [3.8, 4) is 0 Å². The molecule has 9 nitrogen and oxygen atoms in total. The number of anilines is 1. The summed E-state index contributed by atoms with van der Waals surface area (Å²) in [5.41, 5.74) is 1.91. The van der Waals surface area contributed by atoms with Gasteiger partial charge in [-0.25, -0.2) is 22.5 Å². The third kappa shape index (κ3) is 5.36. The molecule has 0 saturated carbocycles. The molecule has 0 aromatic heterocycles. The van der Waals surface area contributed by atoms with Crippen molar-refractivity contribution in [2.75, 3.05) is 30.8 Å². The number of carbonyl (C=O) groups excluding carboxylic acids is 2. The third-order valence-corrected chi connectivity index (χ3v) is 7.44. The summed E-state index contributed by atoms with van der Waals surface area (Å²) in [5.74, 6) is -1.34. The van der Waals surface area contributed by atoms with Crippen LogP contribution in [0, 0.1) is 5.92 Å². The number of nitrogens with zero attached hydrogens (tertiary/aromatic N) is 2. The molecule has 3 rings (SSSR count). The summed E-state index contributed by atoms with van der Waals surface area (Å²) >= 11 is 0. The smallest absolute Gasteiger partial charge is 0.343 e. The van der Waals surface area contributed by atoms with Gasteiger partial charge in [0.15, 0.2) is 0 Å². The van der Waals surface area contributed by atoms with Crippen molar-refractivity contribution in [3.05, 3.63) is 35.5 Å². The Hall–Kier alpha value is -2.72. The fraction of sp³-hybridized carbons (Fsp3) is 0.500. The van der Waals surface area contributed by atoms with Crippen LogP contribution in [0.15, 0.2) is 40.5 Å². The zero-order chi connectivity index (χ0) is 23.3. The van der Waals surface area contributed by atoms with Crippen molar-refractivity contribution >= 4 is 39.1 Å². The molecule has 1 saturated heterocycles.